The van der Waals surface area contributed by atoms with Crippen LogP contribution in [0, 0.1) is 6.92 Å². The molecular weight excluding hydrogens is 238 g/mol. The Bertz CT molecular complexity index is 614. The van der Waals surface area contributed by atoms with E-state index in [9.17, 15) is 4.79 Å². The van der Waals surface area contributed by atoms with Crippen LogP contribution in [-0.2, 0) is 19.9 Å². The number of rotatable bonds is 4. The molecule has 0 aliphatic heterocycles. The van der Waals surface area contributed by atoms with E-state index in [1.165, 1.54) is 0 Å². The molecule has 0 atom stereocenters. The van der Waals surface area contributed by atoms with Crippen LogP contribution in [0.25, 0.3) is 0 Å². The highest BCUT2D eigenvalue weighted by molar-refractivity contribution is 5.98. The number of aryl methyl sites for hydroxylation is 3. The van der Waals surface area contributed by atoms with Gasteiger partial charge in [-0.15, -0.1) is 0 Å². The zero-order valence-corrected chi connectivity index (χ0v) is 11.6. The van der Waals surface area contributed by atoms with Crippen molar-refractivity contribution in [1.29, 1.82) is 0 Å². The van der Waals surface area contributed by atoms with Crippen LogP contribution in [0.2, 0.25) is 0 Å². The minimum atomic E-state index is 0.0670. The van der Waals surface area contributed by atoms with Gasteiger partial charge in [0.15, 0.2) is 5.78 Å². The summed E-state index contributed by atoms with van der Waals surface area (Å²) >= 11 is 0. The van der Waals surface area contributed by atoms with Gasteiger partial charge >= 0.3 is 0 Å². The molecule has 0 amide bonds. The van der Waals surface area contributed by atoms with Crippen LogP contribution in [0.4, 0.5) is 5.69 Å². The molecule has 2 aromatic rings. The highest BCUT2D eigenvalue weighted by Gasteiger charge is 2.12. The van der Waals surface area contributed by atoms with Gasteiger partial charge in [-0.05, 0) is 31.0 Å². The molecule has 0 aliphatic carbocycles. The number of benzene rings is 1. The molecule has 100 valence electrons. The standard InChI is InChI=1S/C15H19N3O/c1-4-12-8-13(18(3)17-12)9-15(19)11-6-5-10(2)14(16)7-11/h5-8H,4,9,16H2,1-3H3. The summed E-state index contributed by atoms with van der Waals surface area (Å²) in [6.45, 7) is 3.98. The van der Waals surface area contributed by atoms with Crippen molar-refractivity contribution in [2.75, 3.05) is 5.73 Å². The van der Waals surface area contributed by atoms with E-state index < -0.39 is 0 Å². The summed E-state index contributed by atoms with van der Waals surface area (Å²) in [4.78, 5) is 12.2. The molecule has 0 fully saturated rings. The Morgan fingerprint density at radius 3 is 2.68 bits per heavy atom. The molecule has 2 N–H and O–H groups in total. The highest BCUT2D eigenvalue weighted by atomic mass is 16.1. The molecule has 1 aromatic carbocycles. The number of hydrogen-bond donors (Lipinski definition) is 1. The molecule has 0 spiro atoms. The fraction of sp³-hybridized carbons (Fsp3) is 0.333. The molecular formula is C15H19N3O. The molecule has 1 heterocycles. The lowest BCUT2D eigenvalue weighted by Crippen LogP contribution is -2.08. The Balaban J connectivity index is 2.20. The van der Waals surface area contributed by atoms with Gasteiger partial charge in [0, 0.05) is 24.0 Å². The first kappa shape index (κ1) is 13.3. The molecule has 1 aromatic heterocycles. The lowest BCUT2D eigenvalue weighted by atomic mass is 10.0. The minimum absolute atomic E-state index is 0.0670. The molecule has 0 saturated carbocycles. The smallest absolute Gasteiger partial charge is 0.168 e. The van der Waals surface area contributed by atoms with Gasteiger partial charge in [0.25, 0.3) is 0 Å². The summed E-state index contributed by atoms with van der Waals surface area (Å²) in [5.41, 5.74) is 10.1. The fourth-order valence-corrected chi connectivity index (χ4v) is 1.99. The van der Waals surface area contributed by atoms with Gasteiger partial charge in [0.1, 0.15) is 0 Å². The van der Waals surface area contributed by atoms with Crippen LogP contribution in [0.15, 0.2) is 24.3 Å². The molecule has 4 nitrogen and oxygen atoms in total. The van der Waals surface area contributed by atoms with Gasteiger partial charge in [0.05, 0.1) is 12.1 Å². The SMILES string of the molecule is CCc1cc(CC(=O)c2ccc(C)c(N)c2)n(C)n1. The Labute approximate surface area is 113 Å². The molecule has 0 aliphatic rings. The quantitative estimate of drug-likeness (QED) is 0.675. The second-order valence-electron chi connectivity index (χ2n) is 4.78. The van der Waals surface area contributed by atoms with Crippen LogP contribution in [0.5, 0.6) is 0 Å². The van der Waals surface area contributed by atoms with E-state index in [0.29, 0.717) is 17.7 Å². The number of anilines is 1. The Kier molecular flexibility index (Phi) is 3.69. The van der Waals surface area contributed by atoms with Gasteiger partial charge < -0.3 is 5.73 Å². The largest absolute Gasteiger partial charge is 0.398 e. The second-order valence-corrected chi connectivity index (χ2v) is 4.78. The summed E-state index contributed by atoms with van der Waals surface area (Å²) in [7, 11) is 1.87. The third-order valence-electron chi connectivity index (χ3n) is 3.33. The third-order valence-corrected chi connectivity index (χ3v) is 3.33. The van der Waals surface area contributed by atoms with Crippen LogP contribution in [-0.4, -0.2) is 15.6 Å². The van der Waals surface area contributed by atoms with E-state index in [4.69, 9.17) is 5.73 Å². The number of Topliss-reactive ketones (excluding diaryl/α,β-unsaturated/α-hetero) is 1. The summed E-state index contributed by atoms with van der Waals surface area (Å²) in [6, 6.07) is 7.43. The van der Waals surface area contributed by atoms with Gasteiger partial charge in [-0.3, -0.25) is 9.48 Å². The van der Waals surface area contributed by atoms with Gasteiger partial charge in [-0.1, -0.05) is 19.1 Å². The average Bonchev–Trinajstić information content (AvgIpc) is 2.73. The van der Waals surface area contributed by atoms with Gasteiger partial charge in [0.2, 0.25) is 0 Å². The molecule has 0 unspecified atom stereocenters. The lowest BCUT2D eigenvalue weighted by molar-refractivity contribution is 0.0991. The van der Waals surface area contributed by atoms with Crippen molar-refractivity contribution in [3.63, 3.8) is 0 Å². The van der Waals surface area contributed by atoms with Gasteiger partial charge in [-0.2, -0.15) is 5.10 Å². The maximum Gasteiger partial charge on any atom is 0.168 e. The highest BCUT2D eigenvalue weighted by Crippen LogP contribution is 2.15. The maximum absolute atomic E-state index is 12.2. The Morgan fingerprint density at radius 2 is 2.11 bits per heavy atom. The molecule has 2 rings (SSSR count). The van der Waals surface area contributed by atoms with Gasteiger partial charge in [-0.25, -0.2) is 0 Å². The van der Waals surface area contributed by atoms with E-state index in [2.05, 4.69) is 12.0 Å². The number of aromatic nitrogens is 2. The Morgan fingerprint density at radius 1 is 1.37 bits per heavy atom. The third kappa shape index (κ3) is 2.84. The summed E-state index contributed by atoms with van der Waals surface area (Å²) in [5, 5.41) is 4.35. The first-order valence-corrected chi connectivity index (χ1v) is 6.42. The van der Waals surface area contributed by atoms with Crippen LogP contribution >= 0.6 is 0 Å². The maximum atomic E-state index is 12.2. The predicted octanol–water partition coefficient (Wildman–Crippen LogP) is 2.30. The van der Waals surface area contributed by atoms with Crippen molar-refractivity contribution in [3.8, 4) is 0 Å². The molecule has 0 bridgehead atoms. The number of ketones is 1. The number of nitrogen functional groups attached to an aromatic ring is 1. The van der Waals surface area contributed by atoms with Crippen molar-refractivity contribution < 1.29 is 4.79 Å². The molecule has 0 saturated heterocycles. The van der Waals surface area contributed by atoms with E-state index in [-0.39, 0.29) is 5.78 Å². The number of hydrogen-bond acceptors (Lipinski definition) is 3. The lowest BCUT2D eigenvalue weighted by Gasteiger charge is -2.05. The first-order chi connectivity index (χ1) is 9.01. The van der Waals surface area contributed by atoms with E-state index >= 15 is 0 Å². The van der Waals surface area contributed by atoms with Crippen molar-refractivity contribution in [2.24, 2.45) is 7.05 Å². The Hall–Kier alpha value is -2.10. The average molecular weight is 257 g/mol. The molecule has 0 radical (unpaired) electrons. The normalized spacial score (nSPS) is 10.7. The summed E-state index contributed by atoms with van der Waals surface area (Å²) in [6.07, 6.45) is 1.23. The second kappa shape index (κ2) is 5.26. The van der Waals surface area contributed by atoms with Crippen LogP contribution < -0.4 is 5.73 Å². The molecule has 4 heteroatoms. The molecule has 19 heavy (non-hydrogen) atoms. The van der Waals surface area contributed by atoms with Crippen LogP contribution in [0.3, 0.4) is 0 Å². The zero-order chi connectivity index (χ0) is 14.0. The van der Waals surface area contributed by atoms with Crippen LogP contribution in [0.1, 0.15) is 34.2 Å². The number of nitrogens with two attached hydrogens (primary N) is 1. The summed E-state index contributed by atoms with van der Waals surface area (Å²) in [5.74, 6) is 0.0670. The zero-order valence-electron chi connectivity index (χ0n) is 11.6. The minimum Gasteiger partial charge on any atom is -0.398 e. The van der Waals surface area contributed by atoms with Crippen molar-refractivity contribution in [1.82, 2.24) is 9.78 Å². The number of nitrogens with zero attached hydrogens (tertiary/aromatic N) is 2. The van der Waals surface area contributed by atoms with E-state index in [0.717, 1.165) is 23.4 Å². The fourth-order valence-electron chi connectivity index (χ4n) is 1.99. The predicted molar refractivity (Wildman–Crippen MR) is 76.2 cm³/mol. The van der Waals surface area contributed by atoms with Crippen molar-refractivity contribution in [3.05, 3.63) is 46.8 Å². The van der Waals surface area contributed by atoms with Crippen molar-refractivity contribution in [2.45, 2.75) is 26.7 Å². The van der Waals surface area contributed by atoms with Crippen molar-refractivity contribution >= 4 is 11.5 Å². The number of carbonyl (C=O) groups excluding carboxylic acids is 1. The van der Waals surface area contributed by atoms with E-state index in [1.807, 2.05) is 32.2 Å². The monoisotopic (exact) mass is 257 g/mol. The first-order valence-electron chi connectivity index (χ1n) is 6.42. The van der Waals surface area contributed by atoms with E-state index in [1.54, 1.807) is 10.7 Å². The topological polar surface area (TPSA) is 60.9 Å². The number of carbonyl (C=O) groups is 1. The summed E-state index contributed by atoms with van der Waals surface area (Å²) < 4.78 is 1.77.